The molecule has 0 spiro atoms. The molecule has 1 aliphatic carbocycles. The molecule has 262 valence electrons. The van der Waals surface area contributed by atoms with E-state index in [0.717, 1.165) is 17.0 Å². The maximum absolute atomic E-state index is 15.4. The molecule has 1 saturated carbocycles. The molecule has 2 bridgehead atoms. The summed E-state index contributed by atoms with van der Waals surface area (Å²) in [4.78, 5) is 35.4. The third-order valence-electron chi connectivity index (χ3n) is 10.3. The molecule has 0 radical (unpaired) electrons. The molecule has 1 unspecified atom stereocenters. The third-order valence-corrected chi connectivity index (χ3v) is 10.3. The van der Waals surface area contributed by atoms with Gasteiger partial charge in [0.05, 0.1) is 18.7 Å². The van der Waals surface area contributed by atoms with E-state index in [1.165, 1.54) is 19.4 Å². The van der Waals surface area contributed by atoms with Gasteiger partial charge >= 0.3 is 12.2 Å². The largest absolute Gasteiger partial charge is 0.497 e. The number of ether oxygens (including phenoxy) is 1. The highest BCUT2D eigenvalue weighted by molar-refractivity contribution is 5.99. The second kappa shape index (κ2) is 13.2. The Morgan fingerprint density at radius 2 is 1.75 bits per heavy atom. The van der Waals surface area contributed by atoms with Crippen LogP contribution in [0.5, 0.6) is 5.75 Å². The highest BCUT2D eigenvalue weighted by Gasteiger charge is 2.50. The molecule has 1 aromatic carbocycles. The summed E-state index contributed by atoms with van der Waals surface area (Å²) in [5.74, 6) is -7.27. The number of carbonyl (C=O) groups excluding carboxylic acids is 2. The van der Waals surface area contributed by atoms with Crippen LogP contribution in [0.15, 0.2) is 24.4 Å². The molecule has 1 aromatic heterocycles. The fourth-order valence-corrected chi connectivity index (χ4v) is 7.80. The first-order chi connectivity index (χ1) is 22.8. The molecule has 2 N–H and O–H groups in total. The summed E-state index contributed by atoms with van der Waals surface area (Å²) in [7, 11) is 3.12. The lowest BCUT2D eigenvalue weighted by Gasteiger charge is -2.35. The fraction of sp³-hybridized carbons (Fsp3) is 0.594. The number of piperazine rings is 1. The summed E-state index contributed by atoms with van der Waals surface area (Å²) >= 11 is 0. The number of hydrogen-bond acceptors (Lipinski definition) is 6. The van der Waals surface area contributed by atoms with E-state index in [4.69, 9.17) is 4.74 Å². The number of benzene rings is 1. The smallest absolute Gasteiger partial charge is 0.421 e. The minimum absolute atomic E-state index is 0.0764. The number of methoxy groups -OCH3 is 1. The Morgan fingerprint density at radius 1 is 1.06 bits per heavy atom. The van der Waals surface area contributed by atoms with Crippen LogP contribution in [0.3, 0.4) is 0 Å². The molecule has 4 atom stereocenters. The van der Waals surface area contributed by atoms with E-state index in [1.807, 2.05) is 7.05 Å². The topological polar surface area (TPSA) is 90.0 Å². The zero-order chi connectivity index (χ0) is 34.5. The van der Waals surface area contributed by atoms with Gasteiger partial charge in [-0.15, -0.1) is 0 Å². The first-order valence-corrected chi connectivity index (χ1v) is 16.0. The molecule has 48 heavy (non-hydrogen) atoms. The number of alkyl halides is 5. The van der Waals surface area contributed by atoms with Crippen molar-refractivity contribution >= 4 is 23.4 Å². The number of carbonyl (C=O) groups is 2. The van der Waals surface area contributed by atoms with Crippen LogP contribution in [-0.2, 0) is 11.0 Å². The van der Waals surface area contributed by atoms with Gasteiger partial charge in [-0.3, -0.25) is 14.6 Å². The second-order valence-electron chi connectivity index (χ2n) is 13.1. The molecule has 3 amide bonds. The van der Waals surface area contributed by atoms with E-state index in [2.05, 4.69) is 20.5 Å². The van der Waals surface area contributed by atoms with Crippen LogP contribution in [0.4, 0.5) is 47.0 Å². The number of hydrogen-bond donors (Lipinski definition) is 2. The van der Waals surface area contributed by atoms with E-state index in [-0.39, 0.29) is 36.4 Å². The van der Waals surface area contributed by atoms with Crippen molar-refractivity contribution in [3.05, 3.63) is 47.2 Å². The molecular formula is C32H37F7N6O3. The third kappa shape index (κ3) is 6.47. The molecule has 3 saturated heterocycles. The number of halogens is 7. The Morgan fingerprint density at radius 3 is 2.31 bits per heavy atom. The van der Waals surface area contributed by atoms with Gasteiger partial charge in [-0.1, -0.05) is 0 Å². The molecule has 4 heterocycles. The van der Waals surface area contributed by atoms with Crippen molar-refractivity contribution in [1.29, 1.82) is 0 Å². The minimum atomic E-state index is -4.93. The zero-order valence-corrected chi connectivity index (χ0v) is 26.4. The van der Waals surface area contributed by atoms with Crippen LogP contribution in [-0.4, -0.2) is 86.7 Å². The predicted octanol–water partition coefficient (Wildman–Crippen LogP) is 5.15. The molecule has 16 heteroatoms. The van der Waals surface area contributed by atoms with E-state index >= 15 is 8.78 Å². The summed E-state index contributed by atoms with van der Waals surface area (Å²) in [5.41, 5.74) is -1.77. The Balaban J connectivity index is 1.29. The summed E-state index contributed by atoms with van der Waals surface area (Å²) in [6.45, 7) is -0.0763. The van der Waals surface area contributed by atoms with Crippen molar-refractivity contribution in [2.45, 2.75) is 68.7 Å². The monoisotopic (exact) mass is 686 g/mol. The lowest BCUT2D eigenvalue weighted by atomic mass is 9.86. The van der Waals surface area contributed by atoms with Crippen LogP contribution in [0, 0.1) is 23.5 Å². The molecule has 4 aliphatic rings. The van der Waals surface area contributed by atoms with Crippen molar-refractivity contribution in [3.63, 3.8) is 0 Å². The van der Waals surface area contributed by atoms with Gasteiger partial charge in [0.15, 0.2) is 0 Å². The Hall–Kier alpha value is -3.82. The number of nitrogens with one attached hydrogen (secondary N) is 2. The van der Waals surface area contributed by atoms with Gasteiger partial charge in [0.2, 0.25) is 12.3 Å². The lowest BCUT2D eigenvalue weighted by molar-refractivity contribution is -0.137. The van der Waals surface area contributed by atoms with Crippen molar-refractivity contribution in [2.24, 2.45) is 11.8 Å². The molecule has 4 fully saturated rings. The first-order valence-electron chi connectivity index (χ1n) is 16.0. The fourth-order valence-electron chi connectivity index (χ4n) is 7.80. The van der Waals surface area contributed by atoms with Crippen LogP contribution in [0.25, 0.3) is 0 Å². The molecule has 9 nitrogen and oxygen atoms in total. The van der Waals surface area contributed by atoms with E-state index < -0.39 is 90.0 Å². The van der Waals surface area contributed by atoms with Crippen LogP contribution in [0.1, 0.15) is 49.1 Å². The number of rotatable bonds is 8. The number of aromatic nitrogens is 1. The number of pyridine rings is 1. The summed E-state index contributed by atoms with van der Waals surface area (Å²) < 4.78 is 107. The maximum atomic E-state index is 15.4. The molecular weight excluding hydrogens is 649 g/mol. The second-order valence-corrected chi connectivity index (χ2v) is 13.1. The zero-order valence-electron chi connectivity index (χ0n) is 26.4. The number of nitrogens with zero attached hydrogens (tertiary/aromatic N) is 4. The Labute approximate surface area is 272 Å². The van der Waals surface area contributed by atoms with Crippen LogP contribution < -0.4 is 25.2 Å². The van der Waals surface area contributed by atoms with Gasteiger partial charge in [-0.25, -0.2) is 27.3 Å². The van der Waals surface area contributed by atoms with Crippen molar-refractivity contribution in [3.8, 4) is 5.75 Å². The molecule has 6 rings (SSSR count). The molecule has 3 aliphatic heterocycles. The van der Waals surface area contributed by atoms with Crippen LogP contribution in [0.2, 0.25) is 0 Å². The van der Waals surface area contributed by atoms with Gasteiger partial charge in [0.1, 0.15) is 28.8 Å². The van der Waals surface area contributed by atoms with Crippen molar-refractivity contribution < 1.29 is 45.1 Å². The minimum Gasteiger partial charge on any atom is -0.497 e. The predicted molar refractivity (Wildman–Crippen MR) is 161 cm³/mol. The Bertz CT molecular complexity index is 1510. The first kappa shape index (κ1) is 34.1. The average molecular weight is 687 g/mol. The van der Waals surface area contributed by atoms with Crippen molar-refractivity contribution in [1.82, 2.24) is 20.5 Å². The number of likely N-dealkylation sites (N-methyl/N-ethyl adjacent to an activating group) is 1. The molecule has 2 aromatic rings. The van der Waals surface area contributed by atoms with Gasteiger partial charge in [-0.05, 0) is 45.2 Å². The summed E-state index contributed by atoms with van der Waals surface area (Å²) in [6.07, 6.45) is -4.42. The van der Waals surface area contributed by atoms with E-state index in [0.29, 0.717) is 32.4 Å². The van der Waals surface area contributed by atoms with Crippen LogP contribution >= 0.6 is 0 Å². The Kier molecular flexibility index (Phi) is 9.39. The quantitative estimate of drug-likeness (QED) is 0.374. The number of likely N-dealkylation sites (tertiary alicyclic amines) is 1. The highest BCUT2D eigenvalue weighted by Crippen LogP contribution is 2.48. The number of amides is 3. The SMILES string of the molecule is COc1cc(F)c([C@@H]2CN(c3nccc(N4C[C@@H]5C[C@H]4CN5C)c3C(F)(F)F)C(=O)C2CNC(=O)N[C@H]2CC[C@H](C(F)F)CC2)c(F)c1. The van der Waals surface area contributed by atoms with Crippen molar-refractivity contribution in [2.75, 3.05) is 50.1 Å². The summed E-state index contributed by atoms with van der Waals surface area (Å²) in [6, 6.07) is 1.88. The standard InChI is InChI=1S/C32H37F7N6O3/c1-43-13-19-9-18(43)14-44(19)25-7-8-40-29(27(25)32(37,38)39)45-15-22(26-23(33)10-20(48-2)11-24(26)34)21(30(45)46)12-41-31(47)42-17-5-3-16(4-6-17)28(35)36/h7-8,10-11,16-19,21-22,28H,3-6,9,12-15H2,1-2H3,(H2,41,42,47)/t16-,17-,18-,19-,21?,22+/m0/s1. The highest BCUT2D eigenvalue weighted by atomic mass is 19.4. The average Bonchev–Trinajstić information content (AvgIpc) is 3.71. The van der Waals surface area contributed by atoms with E-state index in [1.54, 1.807) is 4.90 Å². The normalized spacial score (nSPS) is 27.7. The van der Waals surface area contributed by atoms with Gasteiger partial charge < -0.3 is 20.3 Å². The maximum Gasteiger partial charge on any atom is 0.421 e. The van der Waals surface area contributed by atoms with E-state index in [9.17, 15) is 31.5 Å². The number of anilines is 2. The number of fused-ring (bicyclic) bond motifs is 2. The number of urea groups is 1. The van der Waals surface area contributed by atoms with Gasteiger partial charge in [0.25, 0.3) is 0 Å². The van der Waals surface area contributed by atoms with Gasteiger partial charge in [0, 0.05) is 80.0 Å². The van der Waals surface area contributed by atoms with Gasteiger partial charge in [-0.2, -0.15) is 13.2 Å². The summed E-state index contributed by atoms with van der Waals surface area (Å²) in [5, 5.41) is 5.20. The lowest BCUT2D eigenvalue weighted by Crippen LogP contribution is -2.46.